The molecule has 244 valence electrons. The summed E-state index contributed by atoms with van der Waals surface area (Å²) >= 11 is 0. The summed E-state index contributed by atoms with van der Waals surface area (Å²) in [7, 11) is 2.84. The van der Waals surface area contributed by atoms with Gasteiger partial charge < -0.3 is 47.6 Å². The first-order valence-corrected chi connectivity index (χ1v) is 14.4. The van der Waals surface area contributed by atoms with Gasteiger partial charge in [-0.2, -0.15) is 0 Å². The van der Waals surface area contributed by atoms with Gasteiger partial charge in [0.15, 0.2) is 11.4 Å². The van der Waals surface area contributed by atoms with E-state index in [4.69, 9.17) is 11.5 Å². The number of anilines is 1. The number of amides is 3. The number of phenolic OH excluding ortho intramolecular Hbond substituents is 1. The van der Waals surface area contributed by atoms with E-state index in [2.05, 4.69) is 10.6 Å². The Hall–Kier alpha value is -4.31. The molecular weight excluding hydrogens is 590 g/mol. The lowest BCUT2D eigenvalue weighted by atomic mass is 9.54. The lowest BCUT2D eigenvalue weighted by Gasteiger charge is -2.53. The highest BCUT2D eigenvalue weighted by atomic mass is 16.4. The van der Waals surface area contributed by atoms with Crippen molar-refractivity contribution in [1.82, 2.24) is 10.2 Å². The van der Waals surface area contributed by atoms with Crippen molar-refractivity contribution in [2.45, 2.75) is 56.9 Å². The number of ketones is 2. The van der Waals surface area contributed by atoms with E-state index in [9.17, 15) is 49.5 Å². The number of rotatable bonds is 8. The summed E-state index contributed by atoms with van der Waals surface area (Å²) in [4.78, 5) is 65.9. The van der Waals surface area contributed by atoms with Crippen molar-refractivity contribution in [2.24, 2.45) is 29.2 Å². The van der Waals surface area contributed by atoms with Crippen molar-refractivity contribution >= 4 is 40.7 Å². The molecule has 7 atom stereocenters. The average Bonchev–Trinajstić information content (AvgIpc) is 2.95. The van der Waals surface area contributed by atoms with Crippen LogP contribution in [0.25, 0.3) is 5.76 Å². The minimum absolute atomic E-state index is 0.0106. The standard InChI is InChI=1S/C30H39N5O10/c1-10(2)8-14(33-15(36)9-31)29(44)34-13-7-6-12-11(3)16-18(23(38)17(12)22(13)37)26(41)30(45)20(24(16)39)21(35(4)5)25(40)19(27(30)42)28(32)43/h6-7,10-11,14,16,20-21,24,37-39,42,45H,8-9,31H2,1-5H3,(H2,32,43)(H,33,36)(H,34,44)/t11-,14-,16?,20+,21-,24-,30-/m0/s1. The molecule has 3 amide bonds. The van der Waals surface area contributed by atoms with Crippen LogP contribution in [0.15, 0.2) is 29.0 Å². The van der Waals surface area contributed by atoms with Gasteiger partial charge in [0.25, 0.3) is 5.91 Å². The molecule has 1 saturated carbocycles. The third kappa shape index (κ3) is 5.14. The van der Waals surface area contributed by atoms with Crippen molar-refractivity contribution < 1.29 is 49.5 Å². The Bertz CT molecular complexity index is 1550. The fourth-order valence-electron chi connectivity index (χ4n) is 6.89. The van der Waals surface area contributed by atoms with E-state index < -0.39 is 99.2 Å². The van der Waals surface area contributed by atoms with Crippen LogP contribution in [0.2, 0.25) is 0 Å². The number of aliphatic hydroxyl groups is 4. The Balaban J connectivity index is 1.86. The maximum atomic E-state index is 14.1. The van der Waals surface area contributed by atoms with E-state index in [0.717, 1.165) is 0 Å². The number of phenols is 1. The molecular formula is C30H39N5O10. The highest BCUT2D eigenvalue weighted by Crippen LogP contribution is 2.56. The van der Waals surface area contributed by atoms with Crippen LogP contribution in [0.5, 0.6) is 5.75 Å². The molecule has 45 heavy (non-hydrogen) atoms. The number of nitrogens with zero attached hydrogens (tertiary/aromatic N) is 1. The number of hydrogen-bond acceptors (Lipinski definition) is 12. The number of Topliss-reactive ketones (excluding diaryl/α,β-unsaturated/α-hetero) is 2. The molecule has 0 radical (unpaired) electrons. The number of likely N-dealkylation sites (N-methyl/N-ethyl adjacent to an activating group) is 1. The number of aromatic hydroxyl groups is 1. The highest BCUT2D eigenvalue weighted by molar-refractivity contribution is 6.24. The van der Waals surface area contributed by atoms with E-state index in [1.54, 1.807) is 6.92 Å². The van der Waals surface area contributed by atoms with E-state index in [0.29, 0.717) is 0 Å². The Morgan fingerprint density at radius 2 is 1.73 bits per heavy atom. The fourth-order valence-corrected chi connectivity index (χ4v) is 6.89. The number of nitrogens with two attached hydrogens (primary N) is 2. The summed E-state index contributed by atoms with van der Waals surface area (Å²) in [5.41, 5.74) is 5.90. The van der Waals surface area contributed by atoms with Gasteiger partial charge in [-0.3, -0.25) is 28.9 Å². The molecule has 15 heteroatoms. The quantitative estimate of drug-likeness (QED) is 0.123. The van der Waals surface area contributed by atoms with Crippen LogP contribution in [-0.4, -0.2) is 104 Å². The lowest BCUT2D eigenvalue weighted by molar-refractivity contribution is -0.169. The van der Waals surface area contributed by atoms with Crippen molar-refractivity contribution in [3.8, 4) is 5.75 Å². The van der Waals surface area contributed by atoms with Crippen molar-refractivity contribution in [2.75, 3.05) is 26.0 Å². The summed E-state index contributed by atoms with van der Waals surface area (Å²) in [6.45, 7) is 4.91. The Kier molecular flexibility index (Phi) is 8.87. The summed E-state index contributed by atoms with van der Waals surface area (Å²) in [6, 6.07) is 0.343. The second-order valence-corrected chi connectivity index (χ2v) is 12.4. The number of nitrogens with one attached hydrogen (secondary N) is 2. The number of aliphatic hydroxyl groups excluding tert-OH is 3. The minimum atomic E-state index is -3.05. The molecule has 4 rings (SSSR count). The molecule has 11 N–H and O–H groups in total. The maximum absolute atomic E-state index is 14.1. The van der Waals surface area contributed by atoms with Crippen LogP contribution in [0.4, 0.5) is 5.69 Å². The molecule has 0 bridgehead atoms. The SMILES string of the molecule is CC(C)C[C@H](NC(=O)CN)C(=O)Nc1ccc2c(c1O)C(O)=C1C(=O)[C@]3(O)C(O)=C(C(N)=O)C(=O)[C@@H](N(C)C)[C@@H]3[C@@H](O)C1[C@H]2C. The lowest BCUT2D eigenvalue weighted by Crippen LogP contribution is -2.70. The molecule has 0 aromatic heterocycles. The first-order valence-electron chi connectivity index (χ1n) is 14.4. The van der Waals surface area contributed by atoms with Gasteiger partial charge in [-0.1, -0.05) is 26.8 Å². The maximum Gasteiger partial charge on any atom is 0.255 e. The molecule has 1 fully saturated rings. The summed E-state index contributed by atoms with van der Waals surface area (Å²) in [5, 5.41) is 62.3. The first-order chi connectivity index (χ1) is 20.9. The molecule has 1 aromatic carbocycles. The van der Waals surface area contributed by atoms with E-state index in [-0.39, 0.29) is 35.7 Å². The summed E-state index contributed by atoms with van der Waals surface area (Å²) in [5.74, 6) is -11.5. The third-order valence-electron chi connectivity index (χ3n) is 8.93. The van der Waals surface area contributed by atoms with Crippen LogP contribution in [0, 0.1) is 17.8 Å². The van der Waals surface area contributed by atoms with Gasteiger partial charge in [0, 0.05) is 11.5 Å². The van der Waals surface area contributed by atoms with Crippen LogP contribution in [0.1, 0.15) is 44.2 Å². The number of benzene rings is 1. The summed E-state index contributed by atoms with van der Waals surface area (Å²) in [6.07, 6.45) is -1.49. The van der Waals surface area contributed by atoms with E-state index >= 15 is 0 Å². The molecule has 0 heterocycles. The molecule has 0 spiro atoms. The number of primary amides is 1. The summed E-state index contributed by atoms with van der Waals surface area (Å²) < 4.78 is 0. The predicted octanol–water partition coefficient (Wildman–Crippen LogP) is -1.08. The van der Waals surface area contributed by atoms with Crippen molar-refractivity contribution in [3.63, 3.8) is 0 Å². The van der Waals surface area contributed by atoms with Gasteiger partial charge in [-0.05, 0) is 44.0 Å². The largest absolute Gasteiger partial charge is 0.508 e. The zero-order chi connectivity index (χ0) is 33.9. The van der Waals surface area contributed by atoms with Gasteiger partial charge in [0.1, 0.15) is 28.9 Å². The highest BCUT2D eigenvalue weighted by Gasteiger charge is 2.68. The van der Waals surface area contributed by atoms with Crippen molar-refractivity contribution in [1.29, 1.82) is 0 Å². The van der Waals surface area contributed by atoms with Gasteiger partial charge in [-0.25, -0.2) is 0 Å². The van der Waals surface area contributed by atoms with Crippen LogP contribution < -0.4 is 22.1 Å². The van der Waals surface area contributed by atoms with E-state index in [1.807, 2.05) is 13.8 Å². The zero-order valence-electron chi connectivity index (χ0n) is 25.5. The number of hydrogen-bond donors (Lipinski definition) is 9. The third-order valence-corrected chi connectivity index (χ3v) is 8.93. The average molecular weight is 630 g/mol. The van der Waals surface area contributed by atoms with Gasteiger partial charge in [-0.15, -0.1) is 0 Å². The molecule has 0 saturated heterocycles. The zero-order valence-corrected chi connectivity index (χ0v) is 25.5. The van der Waals surface area contributed by atoms with Crippen LogP contribution in [-0.2, 0) is 24.0 Å². The number of carbonyl (C=O) groups is 5. The van der Waals surface area contributed by atoms with Gasteiger partial charge in [0.2, 0.25) is 17.6 Å². The molecule has 0 aliphatic heterocycles. The normalized spacial score (nSPS) is 28.4. The van der Waals surface area contributed by atoms with Crippen LogP contribution >= 0.6 is 0 Å². The Morgan fingerprint density at radius 3 is 2.27 bits per heavy atom. The molecule has 1 aromatic rings. The number of carbonyl (C=O) groups excluding carboxylic acids is 5. The Labute approximate surface area is 258 Å². The second kappa shape index (κ2) is 11.9. The van der Waals surface area contributed by atoms with E-state index in [1.165, 1.54) is 31.1 Å². The van der Waals surface area contributed by atoms with Crippen molar-refractivity contribution in [3.05, 3.63) is 40.2 Å². The van der Waals surface area contributed by atoms with Gasteiger partial charge >= 0.3 is 0 Å². The topological polar surface area (TPSA) is 266 Å². The molecule has 15 nitrogen and oxygen atoms in total. The smallest absolute Gasteiger partial charge is 0.255 e. The fraction of sp³-hybridized carbons (Fsp3) is 0.500. The molecule has 3 aliphatic carbocycles. The second-order valence-electron chi connectivity index (χ2n) is 12.4. The minimum Gasteiger partial charge on any atom is -0.508 e. The monoisotopic (exact) mass is 629 g/mol. The Morgan fingerprint density at radius 1 is 1.11 bits per heavy atom. The first kappa shape index (κ1) is 33.6. The number of fused-ring (bicyclic) bond motifs is 3. The van der Waals surface area contributed by atoms with Gasteiger partial charge in [0.05, 0.1) is 35.9 Å². The van der Waals surface area contributed by atoms with Crippen LogP contribution in [0.3, 0.4) is 0 Å². The predicted molar refractivity (Wildman–Crippen MR) is 159 cm³/mol. The molecule has 1 unspecified atom stereocenters. The molecule has 3 aliphatic rings.